The van der Waals surface area contributed by atoms with Crippen molar-refractivity contribution < 1.29 is 4.42 Å². The highest BCUT2D eigenvalue weighted by Crippen LogP contribution is 2.51. The molecule has 0 spiro atoms. The highest BCUT2D eigenvalue weighted by Gasteiger charge is 2.29. The quantitative estimate of drug-likeness (QED) is 0.211. The van der Waals surface area contributed by atoms with E-state index in [-0.39, 0.29) is 0 Å². The fourth-order valence-corrected chi connectivity index (χ4v) is 7.89. The number of para-hydroxylation sites is 4. The van der Waals surface area contributed by atoms with E-state index in [1.54, 1.807) is 0 Å². The summed E-state index contributed by atoms with van der Waals surface area (Å²) in [5.41, 5.74) is 9.00. The number of benzene rings is 6. The summed E-state index contributed by atoms with van der Waals surface area (Å²) in [6, 6.07) is 43.9. The fourth-order valence-electron chi connectivity index (χ4n) is 6.80. The van der Waals surface area contributed by atoms with Gasteiger partial charge in [0.2, 0.25) is 0 Å². The smallest absolute Gasteiger partial charge is 0.136 e. The molecule has 0 saturated carbocycles. The minimum atomic E-state index is 0.928. The van der Waals surface area contributed by atoms with Crippen LogP contribution >= 0.6 is 11.3 Å². The van der Waals surface area contributed by atoms with Crippen molar-refractivity contribution in [2.24, 2.45) is 0 Å². The van der Waals surface area contributed by atoms with Gasteiger partial charge in [-0.3, -0.25) is 0 Å². The number of nitrogens with zero attached hydrogens (tertiary/aromatic N) is 2. The van der Waals surface area contributed by atoms with Crippen molar-refractivity contribution in [3.05, 3.63) is 121 Å². The SMILES string of the molecule is c1ccc2c(c1)N(c1ccc3sc4ccccc4c3c1)c1cccc3c4cc5oc6ccccc6c5cc4n-2c13. The molecule has 0 aliphatic carbocycles. The van der Waals surface area contributed by atoms with Crippen LogP contribution in [-0.4, -0.2) is 4.57 Å². The van der Waals surface area contributed by atoms with Crippen molar-refractivity contribution in [3.8, 4) is 5.69 Å². The van der Waals surface area contributed by atoms with Crippen molar-refractivity contribution in [1.29, 1.82) is 0 Å². The second kappa shape index (κ2) is 7.32. The first kappa shape index (κ1) is 20.8. The molecule has 0 radical (unpaired) electrons. The third kappa shape index (κ3) is 2.54. The Hall–Kier alpha value is -5.06. The largest absolute Gasteiger partial charge is 0.456 e. The van der Waals surface area contributed by atoms with E-state index in [1.165, 1.54) is 64.7 Å². The lowest BCUT2D eigenvalue weighted by Gasteiger charge is -2.33. The number of hydrogen-bond acceptors (Lipinski definition) is 3. The van der Waals surface area contributed by atoms with Crippen LogP contribution in [0.1, 0.15) is 0 Å². The van der Waals surface area contributed by atoms with E-state index >= 15 is 0 Å². The number of thiophene rings is 1. The Bertz CT molecular complexity index is 2510. The molecule has 0 unspecified atom stereocenters. The van der Waals surface area contributed by atoms with Gasteiger partial charge >= 0.3 is 0 Å². The topological polar surface area (TPSA) is 21.3 Å². The molecular formula is C36H20N2OS. The monoisotopic (exact) mass is 528 g/mol. The van der Waals surface area contributed by atoms with Crippen molar-refractivity contribution in [3.63, 3.8) is 0 Å². The molecule has 6 aromatic carbocycles. The van der Waals surface area contributed by atoms with Crippen LogP contribution in [0, 0.1) is 0 Å². The van der Waals surface area contributed by atoms with Crippen molar-refractivity contribution >= 4 is 92.3 Å². The predicted octanol–water partition coefficient (Wildman–Crippen LogP) is 10.8. The number of fused-ring (bicyclic) bond motifs is 11. The van der Waals surface area contributed by atoms with Gasteiger partial charge in [-0.1, -0.05) is 60.7 Å². The summed E-state index contributed by atoms with van der Waals surface area (Å²) in [5, 5.41) is 7.37. The van der Waals surface area contributed by atoms with E-state index in [1.807, 2.05) is 23.5 Å². The molecule has 40 heavy (non-hydrogen) atoms. The maximum absolute atomic E-state index is 6.31. The Morgan fingerprint density at radius 2 is 1.23 bits per heavy atom. The van der Waals surface area contributed by atoms with Crippen LogP contribution in [0.2, 0.25) is 0 Å². The summed E-state index contributed by atoms with van der Waals surface area (Å²) in [6.07, 6.45) is 0. The van der Waals surface area contributed by atoms with E-state index in [2.05, 4.69) is 119 Å². The maximum Gasteiger partial charge on any atom is 0.136 e. The average molecular weight is 529 g/mol. The third-order valence-electron chi connectivity index (χ3n) is 8.49. The van der Waals surface area contributed by atoms with Gasteiger partial charge < -0.3 is 13.9 Å². The van der Waals surface area contributed by atoms with Crippen LogP contribution in [0.25, 0.3) is 69.6 Å². The Labute approximate surface area is 232 Å². The first-order valence-electron chi connectivity index (χ1n) is 13.5. The summed E-state index contributed by atoms with van der Waals surface area (Å²) >= 11 is 1.86. The number of hydrogen-bond donors (Lipinski definition) is 0. The first-order valence-corrected chi connectivity index (χ1v) is 14.3. The molecule has 0 atom stereocenters. The van der Waals surface area contributed by atoms with Gasteiger partial charge in [0, 0.05) is 47.4 Å². The van der Waals surface area contributed by atoms with Crippen molar-refractivity contribution in [1.82, 2.24) is 4.57 Å². The number of aromatic nitrogens is 1. The fraction of sp³-hybridized carbons (Fsp3) is 0. The highest BCUT2D eigenvalue weighted by molar-refractivity contribution is 7.25. The van der Waals surface area contributed by atoms with Gasteiger partial charge in [0.1, 0.15) is 11.2 Å². The lowest BCUT2D eigenvalue weighted by atomic mass is 10.1. The van der Waals surface area contributed by atoms with Gasteiger partial charge in [0.05, 0.1) is 28.1 Å². The van der Waals surface area contributed by atoms with Crippen LogP contribution < -0.4 is 4.90 Å². The molecule has 0 amide bonds. The standard InChI is InChI=1S/C36H20N2OS/c1-5-14-32-22(8-1)26-19-31-25(20-33(26)39-32)24-10-7-13-30-36(24)38(31)29-12-4-3-11-28(29)37(30)21-16-17-35-27(18-21)23-9-2-6-15-34(23)40-35/h1-20H. The summed E-state index contributed by atoms with van der Waals surface area (Å²) in [5.74, 6) is 0. The molecule has 4 heterocycles. The minimum Gasteiger partial charge on any atom is -0.456 e. The molecule has 186 valence electrons. The maximum atomic E-state index is 6.31. The summed E-state index contributed by atoms with van der Waals surface area (Å²) in [6.45, 7) is 0. The van der Waals surface area contributed by atoms with Crippen LogP contribution in [0.4, 0.5) is 17.1 Å². The Morgan fingerprint density at radius 3 is 2.17 bits per heavy atom. The minimum absolute atomic E-state index is 0.928. The number of anilines is 3. The third-order valence-corrected chi connectivity index (χ3v) is 9.64. The van der Waals surface area contributed by atoms with Gasteiger partial charge in [-0.05, 0) is 60.7 Å². The number of furan rings is 1. The van der Waals surface area contributed by atoms with Crippen LogP contribution in [0.15, 0.2) is 126 Å². The lowest BCUT2D eigenvalue weighted by Crippen LogP contribution is -2.17. The van der Waals surface area contributed by atoms with E-state index in [9.17, 15) is 0 Å². The molecule has 0 saturated heterocycles. The van der Waals surface area contributed by atoms with Gasteiger partial charge in [-0.25, -0.2) is 0 Å². The lowest BCUT2D eigenvalue weighted by molar-refractivity contribution is 0.669. The molecular weight excluding hydrogens is 508 g/mol. The molecule has 9 aromatic rings. The Morgan fingerprint density at radius 1 is 0.475 bits per heavy atom. The highest BCUT2D eigenvalue weighted by atomic mass is 32.1. The molecule has 0 N–H and O–H groups in total. The second-order valence-corrected chi connectivity index (χ2v) is 11.7. The van der Waals surface area contributed by atoms with Crippen molar-refractivity contribution in [2.75, 3.05) is 4.90 Å². The summed E-state index contributed by atoms with van der Waals surface area (Å²) in [7, 11) is 0. The second-order valence-electron chi connectivity index (χ2n) is 10.6. The average Bonchev–Trinajstić information content (AvgIpc) is 3.66. The molecule has 10 rings (SSSR count). The van der Waals surface area contributed by atoms with Crippen LogP contribution in [-0.2, 0) is 0 Å². The van der Waals surface area contributed by atoms with E-state index < -0.39 is 0 Å². The van der Waals surface area contributed by atoms with Gasteiger partial charge in [0.25, 0.3) is 0 Å². The number of rotatable bonds is 1. The van der Waals surface area contributed by atoms with Crippen LogP contribution in [0.3, 0.4) is 0 Å². The van der Waals surface area contributed by atoms with Gasteiger partial charge in [-0.15, -0.1) is 11.3 Å². The van der Waals surface area contributed by atoms with Gasteiger partial charge in [-0.2, -0.15) is 0 Å². The molecule has 0 bridgehead atoms. The van der Waals surface area contributed by atoms with E-state index in [0.29, 0.717) is 0 Å². The normalized spacial score (nSPS) is 12.9. The van der Waals surface area contributed by atoms with Crippen LogP contribution in [0.5, 0.6) is 0 Å². The Kier molecular flexibility index (Phi) is 3.81. The summed E-state index contributed by atoms with van der Waals surface area (Å²) < 4.78 is 11.4. The zero-order valence-electron chi connectivity index (χ0n) is 21.3. The molecule has 1 aliphatic rings. The van der Waals surface area contributed by atoms with Gasteiger partial charge in [0.15, 0.2) is 0 Å². The van der Waals surface area contributed by atoms with Crippen molar-refractivity contribution in [2.45, 2.75) is 0 Å². The molecule has 3 nitrogen and oxygen atoms in total. The van der Waals surface area contributed by atoms with E-state index in [4.69, 9.17) is 4.42 Å². The molecule has 3 aromatic heterocycles. The molecule has 1 aliphatic heterocycles. The first-order chi connectivity index (χ1) is 19.8. The summed E-state index contributed by atoms with van der Waals surface area (Å²) in [4.78, 5) is 2.43. The molecule has 4 heteroatoms. The van der Waals surface area contributed by atoms with E-state index in [0.717, 1.165) is 21.9 Å². The predicted molar refractivity (Wildman–Crippen MR) is 169 cm³/mol. The Balaban J connectivity index is 1.32. The zero-order chi connectivity index (χ0) is 25.9. The zero-order valence-corrected chi connectivity index (χ0v) is 22.1. The molecule has 0 fully saturated rings.